The molecular weight excluding hydrogens is 226 g/mol. The normalized spacial score (nSPS) is 18.3. The van der Waals surface area contributed by atoms with Gasteiger partial charge in [-0.2, -0.15) is 0 Å². The van der Waals surface area contributed by atoms with Gasteiger partial charge in [0.2, 0.25) is 0 Å². The maximum Gasteiger partial charge on any atom is 0.191 e. The first-order chi connectivity index (χ1) is 8.63. The van der Waals surface area contributed by atoms with Crippen LogP contribution >= 0.6 is 0 Å². The van der Waals surface area contributed by atoms with Gasteiger partial charge in [-0.1, -0.05) is 33.1 Å². The van der Waals surface area contributed by atoms with Crippen molar-refractivity contribution in [2.45, 2.75) is 52.0 Å². The Bertz CT molecular complexity index is 247. The van der Waals surface area contributed by atoms with Gasteiger partial charge < -0.3 is 15.4 Å². The van der Waals surface area contributed by atoms with Crippen LogP contribution in [0.5, 0.6) is 0 Å². The molecule has 0 aromatic rings. The van der Waals surface area contributed by atoms with Crippen LogP contribution in [0.15, 0.2) is 4.99 Å². The summed E-state index contributed by atoms with van der Waals surface area (Å²) < 4.78 is 5.14. The lowest BCUT2D eigenvalue weighted by Gasteiger charge is -2.27. The quantitative estimate of drug-likeness (QED) is 0.585. The Kier molecular flexibility index (Phi) is 7.09. The third kappa shape index (κ3) is 5.71. The zero-order chi connectivity index (χ0) is 13.4. The molecule has 0 saturated heterocycles. The molecule has 4 nitrogen and oxygen atoms in total. The van der Waals surface area contributed by atoms with Gasteiger partial charge in [-0.3, -0.25) is 0 Å². The van der Waals surface area contributed by atoms with Crippen molar-refractivity contribution in [2.75, 3.05) is 26.8 Å². The molecule has 1 rings (SSSR count). The van der Waals surface area contributed by atoms with Crippen LogP contribution in [-0.4, -0.2) is 43.7 Å². The lowest BCUT2D eigenvalue weighted by molar-refractivity contribution is 0.171. The second kappa shape index (κ2) is 8.35. The van der Waals surface area contributed by atoms with Crippen molar-refractivity contribution in [3.8, 4) is 0 Å². The summed E-state index contributed by atoms with van der Waals surface area (Å²) in [6.07, 6.45) is 6.33. The van der Waals surface area contributed by atoms with Crippen LogP contribution in [0.4, 0.5) is 0 Å². The molecule has 1 aliphatic carbocycles. The zero-order valence-electron chi connectivity index (χ0n) is 12.2. The first-order valence-corrected chi connectivity index (χ1v) is 7.20. The van der Waals surface area contributed by atoms with Crippen LogP contribution < -0.4 is 5.73 Å². The first-order valence-electron chi connectivity index (χ1n) is 7.20. The molecule has 0 atom stereocenters. The number of guanidine groups is 1. The summed E-state index contributed by atoms with van der Waals surface area (Å²) in [5.74, 6) is 1.29. The van der Waals surface area contributed by atoms with E-state index in [2.05, 4.69) is 18.7 Å². The molecule has 0 aromatic carbocycles. The van der Waals surface area contributed by atoms with E-state index in [9.17, 15) is 0 Å². The summed E-state index contributed by atoms with van der Waals surface area (Å²) >= 11 is 0. The van der Waals surface area contributed by atoms with E-state index in [0.29, 0.717) is 24.5 Å². The van der Waals surface area contributed by atoms with E-state index in [4.69, 9.17) is 15.5 Å². The number of hydrogen-bond acceptors (Lipinski definition) is 2. The maximum atomic E-state index is 6.16. The second-order valence-electron chi connectivity index (χ2n) is 5.61. The fourth-order valence-corrected chi connectivity index (χ4v) is 2.42. The zero-order valence-corrected chi connectivity index (χ0v) is 12.2. The molecular formula is C14H29N3O. The summed E-state index contributed by atoms with van der Waals surface area (Å²) in [7, 11) is 1.72. The average Bonchev–Trinajstić information content (AvgIpc) is 2.35. The molecule has 1 aliphatic rings. The molecule has 2 N–H and O–H groups in total. The van der Waals surface area contributed by atoms with Crippen molar-refractivity contribution in [2.24, 2.45) is 16.6 Å². The van der Waals surface area contributed by atoms with Gasteiger partial charge in [0.25, 0.3) is 0 Å². The van der Waals surface area contributed by atoms with Gasteiger partial charge in [-0.15, -0.1) is 0 Å². The monoisotopic (exact) mass is 255 g/mol. The van der Waals surface area contributed by atoms with E-state index < -0.39 is 0 Å². The van der Waals surface area contributed by atoms with E-state index in [1.807, 2.05) is 0 Å². The second-order valence-corrected chi connectivity index (χ2v) is 5.61. The summed E-state index contributed by atoms with van der Waals surface area (Å²) in [5, 5.41) is 0. The summed E-state index contributed by atoms with van der Waals surface area (Å²) in [6, 6.07) is 0.441. The SMILES string of the molecule is COCCN(CC(C)C)C(N)=NC1CCCCC1. The molecule has 1 saturated carbocycles. The van der Waals surface area contributed by atoms with Gasteiger partial charge >= 0.3 is 0 Å². The fourth-order valence-electron chi connectivity index (χ4n) is 2.42. The summed E-state index contributed by atoms with van der Waals surface area (Å²) in [5.41, 5.74) is 6.16. The van der Waals surface area contributed by atoms with Crippen molar-refractivity contribution < 1.29 is 4.74 Å². The number of rotatable bonds is 6. The van der Waals surface area contributed by atoms with Gasteiger partial charge in [0.15, 0.2) is 5.96 Å². The van der Waals surface area contributed by atoms with Crippen molar-refractivity contribution in [3.63, 3.8) is 0 Å². The topological polar surface area (TPSA) is 50.9 Å². The van der Waals surface area contributed by atoms with Crippen LogP contribution in [-0.2, 0) is 4.74 Å². The predicted molar refractivity (Wildman–Crippen MR) is 76.8 cm³/mol. The highest BCUT2D eigenvalue weighted by atomic mass is 16.5. The highest BCUT2D eigenvalue weighted by Crippen LogP contribution is 2.20. The van der Waals surface area contributed by atoms with E-state index in [1.165, 1.54) is 32.1 Å². The highest BCUT2D eigenvalue weighted by Gasteiger charge is 2.15. The third-order valence-corrected chi connectivity index (χ3v) is 3.36. The Morgan fingerprint density at radius 1 is 1.33 bits per heavy atom. The standard InChI is InChI=1S/C14H29N3O/c1-12(2)11-17(9-10-18-3)14(15)16-13-7-5-4-6-8-13/h12-13H,4-11H2,1-3H3,(H2,15,16). The first kappa shape index (κ1) is 15.3. The minimum absolute atomic E-state index is 0.441. The number of ether oxygens (including phenoxy) is 1. The Labute approximate surface area is 112 Å². The lowest BCUT2D eigenvalue weighted by Crippen LogP contribution is -2.42. The van der Waals surface area contributed by atoms with E-state index in [-0.39, 0.29) is 0 Å². The van der Waals surface area contributed by atoms with Crippen molar-refractivity contribution in [3.05, 3.63) is 0 Å². The van der Waals surface area contributed by atoms with Crippen molar-refractivity contribution in [1.82, 2.24) is 4.90 Å². The molecule has 0 heterocycles. The van der Waals surface area contributed by atoms with Crippen molar-refractivity contribution >= 4 is 5.96 Å². The van der Waals surface area contributed by atoms with E-state index in [0.717, 1.165) is 13.1 Å². The summed E-state index contributed by atoms with van der Waals surface area (Å²) in [4.78, 5) is 6.86. The minimum atomic E-state index is 0.441. The van der Waals surface area contributed by atoms with Crippen LogP contribution in [0, 0.1) is 5.92 Å². The molecule has 0 bridgehead atoms. The number of aliphatic imine (C=N–C) groups is 1. The molecule has 0 aliphatic heterocycles. The van der Waals surface area contributed by atoms with Crippen LogP contribution in [0.1, 0.15) is 46.0 Å². The Balaban J connectivity index is 2.54. The Hall–Kier alpha value is -0.770. The van der Waals surface area contributed by atoms with E-state index in [1.54, 1.807) is 7.11 Å². The van der Waals surface area contributed by atoms with Gasteiger partial charge in [-0.25, -0.2) is 4.99 Å². The fraction of sp³-hybridized carbons (Fsp3) is 0.929. The molecule has 0 unspecified atom stereocenters. The molecule has 4 heteroatoms. The average molecular weight is 255 g/mol. The summed E-state index contributed by atoms with van der Waals surface area (Å²) in [6.45, 7) is 6.89. The van der Waals surface area contributed by atoms with Gasteiger partial charge in [0, 0.05) is 20.2 Å². The van der Waals surface area contributed by atoms with Crippen molar-refractivity contribution in [1.29, 1.82) is 0 Å². The smallest absolute Gasteiger partial charge is 0.191 e. The molecule has 106 valence electrons. The number of nitrogens with two attached hydrogens (primary N) is 1. The third-order valence-electron chi connectivity index (χ3n) is 3.36. The van der Waals surface area contributed by atoms with Gasteiger partial charge in [0.05, 0.1) is 12.6 Å². The Morgan fingerprint density at radius 3 is 2.56 bits per heavy atom. The van der Waals surface area contributed by atoms with E-state index >= 15 is 0 Å². The van der Waals surface area contributed by atoms with Gasteiger partial charge in [-0.05, 0) is 18.8 Å². The maximum absolute atomic E-state index is 6.16. The van der Waals surface area contributed by atoms with Gasteiger partial charge in [0.1, 0.15) is 0 Å². The molecule has 0 aromatic heterocycles. The number of methoxy groups -OCH3 is 1. The van der Waals surface area contributed by atoms with Crippen LogP contribution in [0.2, 0.25) is 0 Å². The minimum Gasteiger partial charge on any atom is -0.383 e. The molecule has 0 radical (unpaired) electrons. The lowest BCUT2D eigenvalue weighted by atomic mass is 9.96. The Morgan fingerprint density at radius 2 is 2.00 bits per heavy atom. The van der Waals surface area contributed by atoms with Crippen LogP contribution in [0.3, 0.4) is 0 Å². The number of hydrogen-bond donors (Lipinski definition) is 1. The highest BCUT2D eigenvalue weighted by molar-refractivity contribution is 5.78. The predicted octanol–water partition coefficient (Wildman–Crippen LogP) is 2.24. The molecule has 0 amide bonds. The van der Waals surface area contributed by atoms with Crippen LogP contribution in [0.25, 0.3) is 0 Å². The largest absolute Gasteiger partial charge is 0.383 e. The molecule has 18 heavy (non-hydrogen) atoms. The number of nitrogens with zero attached hydrogens (tertiary/aromatic N) is 2. The molecule has 0 spiro atoms. The molecule has 1 fully saturated rings.